The lowest BCUT2D eigenvalue weighted by Gasteiger charge is -2.34. The highest BCUT2D eigenvalue weighted by Gasteiger charge is 2.24. The molecule has 1 fully saturated rings. The number of piperidine rings is 1. The molecule has 2 rings (SSSR count). The Labute approximate surface area is 121 Å². The van der Waals surface area contributed by atoms with Crippen molar-refractivity contribution in [2.24, 2.45) is 11.7 Å². The third kappa shape index (κ3) is 3.41. The maximum atomic E-state index is 6.04. The lowest BCUT2D eigenvalue weighted by Crippen LogP contribution is -2.42. The molecule has 1 aliphatic rings. The van der Waals surface area contributed by atoms with Crippen molar-refractivity contribution in [2.75, 3.05) is 27.3 Å². The average Bonchev–Trinajstić information content (AvgIpc) is 2.47. The Morgan fingerprint density at radius 2 is 2.25 bits per heavy atom. The number of nitrogens with zero attached hydrogens (tertiary/aromatic N) is 2. The van der Waals surface area contributed by atoms with Gasteiger partial charge in [0.05, 0.1) is 14.2 Å². The van der Waals surface area contributed by atoms with Crippen LogP contribution in [0.3, 0.4) is 0 Å². The Balaban J connectivity index is 2.09. The van der Waals surface area contributed by atoms with Crippen LogP contribution in [0.2, 0.25) is 0 Å². The molecule has 20 heavy (non-hydrogen) atoms. The van der Waals surface area contributed by atoms with Crippen molar-refractivity contribution in [3.05, 3.63) is 18.0 Å². The number of hydrogen-bond acceptors (Lipinski definition) is 5. The van der Waals surface area contributed by atoms with Crippen molar-refractivity contribution < 1.29 is 9.47 Å². The standard InChI is InChI=1S/C15H25N3O2/c1-11(16)12-5-4-8-18(9-12)10-13-15(20-3)14(19-2)6-7-17-13/h6-7,11-12H,4-5,8-10,16H2,1-3H3. The zero-order valence-corrected chi connectivity index (χ0v) is 12.6. The van der Waals surface area contributed by atoms with Crippen molar-refractivity contribution in [1.82, 2.24) is 9.88 Å². The summed E-state index contributed by atoms with van der Waals surface area (Å²) in [7, 11) is 3.30. The zero-order chi connectivity index (χ0) is 14.5. The van der Waals surface area contributed by atoms with Gasteiger partial charge in [0, 0.05) is 31.4 Å². The van der Waals surface area contributed by atoms with Crippen LogP contribution in [0, 0.1) is 5.92 Å². The average molecular weight is 279 g/mol. The fourth-order valence-electron chi connectivity index (χ4n) is 2.84. The third-order valence-corrected chi connectivity index (χ3v) is 4.03. The highest BCUT2D eigenvalue weighted by Crippen LogP contribution is 2.30. The van der Waals surface area contributed by atoms with Crippen molar-refractivity contribution in [1.29, 1.82) is 0 Å². The molecule has 5 nitrogen and oxygen atoms in total. The van der Waals surface area contributed by atoms with Crippen LogP contribution in [0.25, 0.3) is 0 Å². The van der Waals surface area contributed by atoms with Crippen LogP contribution in [0.5, 0.6) is 11.5 Å². The maximum Gasteiger partial charge on any atom is 0.183 e. The molecule has 0 amide bonds. The SMILES string of the molecule is COc1ccnc(CN2CCCC(C(C)N)C2)c1OC. The first-order valence-electron chi connectivity index (χ1n) is 7.19. The minimum atomic E-state index is 0.248. The van der Waals surface area contributed by atoms with Crippen LogP contribution in [-0.2, 0) is 6.54 Å². The Kier molecular flexibility index (Phi) is 5.20. The largest absolute Gasteiger partial charge is 0.493 e. The fourth-order valence-corrected chi connectivity index (χ4v) is 2.84. The Hall–Kier alpha value is -1.33. The van der Waals surface area contributed by atoms with E-state index in [2.05, 4.69) is 16.8 Å². The van der Waals surface area contributed by atoms with Gasteiger partial charge in [-0.25, -0.2) is 0 Å². The van der Waals surface area contributed by atoms with Crippen LogP contribution in [0.1, 0.15) is 25.5 Å². The summed E-state index contributed by atoms with van der Waals surface area (Å²) < 4.78 is 10.8. The Bertz CT molecular complexity index is 437. The van der Waals surface area contributed by atoms with Gasteiger partial charge in [0.25, 0.3) is 0 Å². The predicted molar refractivity (Wildman–Crippen MR) is 79.0 cm³/mol. The molecular formula is C15H25N3O2. The normalized spacial score (nSPS) is 21.5. The van der Waals surface area contributed by atoms with E-state index in [9.17, 15) is 0 Å². The Morgan fingerprint density at radius 3 is 2.90 bits per heavy atom. The molecular weight excluding hydrogens is 254 g/mol. The van der Waals surface area contributed by atoms with Crippen LogP contribution in [0.15, 0.2) is 12.3 Å². The highest BCUT2D eigenvalue weighted by molar-refractivity contribution is 5.42. The summed E-state index contributed by atoms with van der Waals surface area (Å²) in [5, 5.41) is 0. The summed E-state index contributed by atoms with van der Waals surface area (Å²) in [4.78, 5) is 6.85. The molecule has 2 heterocycles. The smallest absolute Gasteiger partial charge is 0.183 e. The number of ether oxygens (including phenoxy) is 2. The number of likely N-dealkylation sites (tertiary alicyclic amines) is 1. The number of aromatic nitrogens is 1. The molecule has 0 bridgehead atoms. The quantitative estimate of drug-likeness (QED) is 0.888. The molecule has 0 aromatic carbocycles. The molecule has 2 N–H and O–H groups in total. The van der Waals surface area contributed by atoms with Gasteiger partial charge in [0.15, 0.2) is 11.5 Å². The van der Waals surface area contributed by atoms with Gasteiger partial charge in [-0.05, 0) is 32.2 Å². The molecule has 1 saturated heterocycles. The number of rotatable bonds is 5. The van der Waals surface area contributed by atoms with Crippen molar-refractivity contribution in [3.8, 4) is 11.5 Å². The summed E-state index contributed by atoms with van der Waals surface area (Å²) in [6, 6.07) is 2.07. The molecule has 2 atom stereocenters. The van der Waals surface area contributed by atoms with E-state index in [4.69, 9.17) is 15.2 Å². The minimum Gasteiger partial charge on any atom is -0.493 e. The summed E-state index contributed by atoms with van der Waals surface area (Å²) in [6.07, 6.45) is 4.18. The summed E-state index contributed by atoms with van der Waals surface area (Å²) in [5.41, 5.74) is 6.97. The number of pyridine rings is 1. The van der Waals surface area contributed by atoms with Crippen LogP contribution >= 0.6 is 0 Å². The van der Waals surface area contributed by atoms with E-state index < -0.39 is 0 Å². The first-order chi connectivity index (χ1) is 9.65. The maximum absolute atomic E-state index is 6.04. The van der Waals surface area contributed by atoms with E-state index >= 15 is 0 Å². The van der Waals surface area contributed by atoms with E-state index in [-0.39, 0.29) is 6.04 Å². The number of methoxy groups -OCH3 is 2. The van der Waals surface area contributed by atoms with Crippen LogP contribution in [-0.4, -0.2) is 43.2 Å². The van der Waals surface area contributed by atoms with Gasteiger partial charge < -0.3 is 15.2 Å². The minimum absolute atomic E-state index is 0.248. The van der Waals surface area contributed by atoms with Gasteiger partial charge in [-0.2, -0.15) is 0 Å². The first-order valence-corrected chi connectivity index (χ1v) is 7.19. The molecule has 0 spiro atoms. The predicted octanol–water partition coefficient (Wildman–Crippen LogP) is 1.66. The van der Waals surface area contributed by atoms with E-state index in [1.807, 2.05) is 6.07 Å². The van der Waals surface area contributed by atoms with Gasteiger partial charge in [0.2, 0.25) is 0 Å². The number of nitrogens with two attached hydrogens (primary N) is 1. The molecule has 1 aromatic rings. The second kappa shape index (κ2) is 6.90. The van der Waals surface area contributed by atoms with E-state index in [1.165, 1.54) is 12.8 Å². The van der Waals surface area contributed by atoms with Crippen molar-refractivity contribution in [3.63, 3.8) is 0 Å². The molecule has 5 heteroatoms. The van der Waals surface area contributed by atoms with Crippen LogP contribution in [0.4, 0.5) is 0 Å². The van der Waals surface area contributed by atoms with Crippen LogP contribution < -0.4 is 15.2 Å². The number of hydrogen-bond donors (Lipinski definition) is 1. The molecule has 0 saturated carbocycles. The molecule has 2 unspecified atom stereocenters. The van der Waals surface area contributed by atoms with Gasteiger partial charge in [-0.1, -0.05) is 0 Å². The molecule has 0 radical (unpaired) electrons. The summed E-state index contributed by atoms with van der Waals surface area (Å²) >= 11 is 0. The lowest BCUT2D eigenvalue weighted by molar-refractivity contribution is 0.151. The van der Waals surface area contributed by atoms with E-state index in [1.54, 1.807) is 20.4 Å². The topological polar surface area (TPSA) is 60.6 Å². The summed E-state index contributed by atoms with van der Waals surface area (Å²) in [5.74, 6) is 2.04. The second-order valence-corrected chi connectivity index (χ2v) is 5.49. The highest BCUT2D eigenvalue weighted by atomic mass is 16.5. The molecule has 0 aliphatic carbocycles. The molecule has 1 aliphatic heterocycles. The molecule has 112 valence electrons. The van der Waals surface area contributed by atoms with Crippen molar-refractivity contribution >= 4 is 0 Å². The van der Waals surface area contributed by atoms with Gasteiger partial charge in [0.1, 0.15) is 5.69 Å². The third-order valence-electron chi connectivity index (χ3n) is 4.03. The monoisotopic (exact) mass is 279 g/mol. The lowest BCUT2D eigenvalue weighted by atomic mass is 9.92. The van der Waals surface area contributed by atoms with E-state index in [0.717, 1.165) is 36.8 Å². The van der Waals surface area contributed by atoms with Gasteiger partial charge in [-0.15, -0.1) is 0 Å². The van der Waals surface area contributed by atoms with Gasteiger partial charge >= 0.3 is 0 Å². The van der Waals surface area contributed by atoms with Gasteiger partial charge in [-0.3, -0.25) is 9.88 Å². The van der Waals surface area contributed by atoms with Crippen molar-refractivity contribution in [2.45, 2.75) is 32.4 Å². The molecule has 1 aromatic heterocycles. The second-order valence-electron chi connectivity index (χ2n) is 5.49. The zero-order valence-electron chi connectivity index (χ0n) is 12.6. The summed E-state index contributed by atoms with van der Waals surface area (Å²) in [6.45, 7) is 4.99. The fraction of sp³-hybridized carbons (Fsp3) is 0.667. The van der Waals surface area contributed by atoms with E-state index in [0.29, 0.717) is 5.92 Å². The first kappa shape index (κ1) is 15.1. The Morgan fingerprint density at radius 1 is 1.45 bits per heavy atom.